The highest BCUT2D eigenvalue weighted by atomic mass is 15.0. The van der Waals surface area contributed by atoms with E-state index in [1.165, 1.54) is 49.9 Å². The van der Waals surface area contributed by atoms with E-state index >= 15 is 0 Å². The lowest BCUT2D eigenvalue weighted by Gasteiger charge is -2.30. The number of rotatable bonds is 3. The van der Waals surface area contributed by atoms with Crippen LogP contribution in [0.2, 0.25) is 0 Å². The third-order valence-electron chi connectivity index (χ3n) is 10.7. The van der Waals surface area contributed by atoms with Gasteiger partial charge in [-0.05, 0) is 45.0 Å². The molecule has 0 atom stereocenters. The molecule has 4 heteroatoms. The fraction of sp³-hybridized carbons (Fsp3) is 0.0217. The lowest BCUT2D eigenvalue weighted by Crippen LogP contribution is -2.25. The van der Waals surface area contributed by atoms with E-state index in [-0.39, 0.29) is 0 Å². The molecule has 11 rings (SSSR count). The summed E-state index contributed by atoms with van der Waals surface area (Å²) in [5, 5.41) is 2.33. The van der Waals surface area contributed by atoms with E-state index in [0.29, 0.717) is 17.5 Å². The second kappa shape index (κ2) is 10.2. The summed E-state index contributed by atoms with van der Waals surface area (Å²) in [5.74, 6) is 1.94. The van der Waals surface area contributed by atoms with Crippen molar-refractivity contribution in [3.63, 3.8) is 0 Å². The average Bonchev–Trinajstić information content (AvgIpc) is 3.83. The van der Waals surface area contributed by atoms with Crippen LogP contribution in [0.15, 0.2) is 164 Å². The van der Waals surface area contributed by atoms with Gasteiger partial charge in [-0.25, -0.2) is 15.0 Å². The maximum absolute atomic E-state index is 5.09. The largest absolute Gasteiger partial charge is 0.353 e. The minimum absolute atomic E-state index is 0.392. The lowest BCUT2D eigenvalue weighted by molar-refractivity contribution is 0.794. The molecule has 4 nitrogen and oxygen atoms in total. The highest BCUT2D eigenvalue weighted by Gasteiger charge is 2.52. The summed E-state index contributed by atoms with van der Waals surface area (Å²) in [6.45, 7) is 0. The molecule has 0 fully saturated rings. The van der Waals surface area contributed by atoms with Crippen molar-refractivity contribution in [2.24, 2.45) is 0 Å². The number of H-pyrrole nitrogens is 1. The summed E-state index contributed by atoms with van der Waals surface area (Å²) in [4.78, 5) is 19.1. The van der Waals surface area contributed by atoms with E-state index in [2.05, 4.69) is 108 Å². The maximum atomic E-state index is 5.09. The molecule has 0 saturated heterocycles. The van der Waals surface area contributed by atoms with Crippen LogP contribution in [0.5, 0.6) is 0 Å². The zero-order valence-electron chi connectivity index (χ0n) is 26.9. The van der Waals surface area contributed by atoms with Gasteiger partial charge in [0.1, 0.15) is 0 Å². The first-order chi connectivity index (χ1) is 24.8. The molecule has 0 unspecified atom stereocenters. The first-order valence-electron chi connectivity index (χ1n) is 17.0. The quantitative estimate of drug-likeness (QED) is 0.210. The van der Waals surface area contributed by atoms with Gasteiger partial charge in [-0.15, -0.1) is 0 Å². The number of aromatic amines is 1. The van der Waals surface area contributed by atoms with Crippen molar-refractivity contribution in [3.8, 4) is 56.4 Å². The predicted molar refractivity (Wildman–Crippen MR) is 202 cm³/mol. The zero-order chi connectivity index (χ0) is 32.8. The monoisotopic (exact) mass is 636 g/mol. The van der Waals surface area contributed by atoms with Gasteiger partial charge in [-0.3, -0.25) is 0 Å². The summed E-state index contributed by atoms with van der Waals surface area (Å²) in [6.07, 6.45) is 0. The van der Waals surface area contributed by atoms with Crippen LogP contribution in [-0.2, 0) is 5.41 Å². The van der Waals surface area contributed by atoms with Gasteiger partial charge < -0.3 is 4.98 Å². The highest BCUT2D eigenvalue weighted by Crippen LogP contribution is 2.63. The van der Waals surface area contributed by atoms with E-state index in [1.807, 2.05) is 60.7 Å². The third-order valence-corrected chi connectivity index (χ3v) is 10.7. The minimum Gasteiger partial charge on any atom is -0.353 e. The molecular weight excluding hydrogens is 609 g/mol. The number of aromatic nitrogens is 4. The summed E-state index contributed by atoms with van der Waals surface area (Å²) >= 11 is 0. The standard InChI is InChI=1S/C46H28N4/c1-3-14-28(15-4-1)43-48-44(29-16-5-2-6-17-29)50-45(49-43)35-22-13-21-32-33-26-27-39-40(42(33)47-41(32)35)34-20-9-12-25-38(34)46(39)36-23-10-7-18-30(36)31-19-8-11-24-37(31)46/h1-27,47H. The van der Waals surface area contributed by atoms with E-state index in [0.717, 1.165) is 33.1 Å². The molecule has 232 valence electrons. The Morgan fingerprint density at radius 3 is 1.44 bits per heavy atom. The lowest BCUT2D eigenvalue weighted by atomic mass is 9.70. The summed E-state index contributed by atoms with van der Waals surface area (Å²) < 4.78 is 0. The molecule has 7 aromatic carbocycles. The average molecular weight is 637 g/mol. The van der Waals surface area contributed by atoms with Gasteiger partial charge in [0.25, 0.3) is 0 Å². The third kappa shape index (κ3) is 3.57. The fourth-order valence-electron chi connectivity index (χ4n) is 8.69. The maximum Gasteiger partial charge on any atom is 0.166 e. The SMILES string of the molecule is c1ccc(-c2nc(-c3ccccc3)nc(-c3cccc4c3[nH]c3c5c(ccc34)C3(c4ccccc4-c4ccccc43)c3ccccc3-5)n2)cc1. The summed E-state index contributed by atoms with van der Waals surface area (Å²) in [6, 6.07) is 58.3. The predicted octanol–water partition coefficient (Wildman–Crippen LogP) is 10.9. The fourth-order valence-corrected chi connectivity index (χ4v) is 8.69. The van der Waals surface area contributed by atoms with E-state index in [4.69, 9.17) is 15.0 Å². The van der Waals surface area contributed by atoms with Crippen LogP contribution in [0.1, 0.15) is 22.3 Å². The van der Waals surface area contributed by atoms with Gasteiger partial charge in [0.15, 0.2) is 17.5 Å². The van der Waals surface area contributed by atoms with Crippen LogP contribution in [0, 0.1) is 0 Å². The molecule has 1 N–H and O–H groups in total. The van der Waals surface area contributed by atoms with E-state index in [9.17, 15) is 0 Å². The first-order valence-corrected chi connectivity index (χ1v) is 17.0. The van der Waals surface area contributed by atoms with E-state index in [1.54, 1.807) is 0 Å². The van der Waals surface area contributed by atoms with Crippen molar-refractivity contribution < 1.29 is 0 Å². The minimum atomic E-state index is -0.392. The topological polar surface area (TPSA) is 54.5 Å². The molecule has 0 radical (unpaired) electrons. The Hall–Kier alpha value is -6.65. The van der Waals surface area contributed by atoms with Crippen molar-refractivity contribution in [1.82, 2.24) is 19.9 Å². The Morgan fingerprint density at radius 2 is 0.820 bits per heavy atom. The van der Waals surface area contributed by atoms with Gasteiger partial charge in [-0.1, -0.05) is 158 Å². The molecule has 0 amide bonds. The van der Waals surface area contributed by atoms with Gasteiger partial charge >= 0.3 is 0 Å². The first kappa shape index (κ1) is 27.3. The Balaban J connectivity index is 1.20. The summed E-state index contributed by atoms with van der Waals surface area (Å²) in [7, 11) is 0. The molecule has 50 heavy (non-hydrogen) atoms. The number of hydrogen-bond acceptors (Lipinski definition) is 3. The number of nitrogens with zero attached hydrogens (tertiary/aromatic N) is 3. The Bertz CT molecular complexity index is 2710. The Labute approximate surface area is 288 Å². The molecule has 2 heterocycles. The number of hydrogen-bond donors (Lipinski definition) is 1. The Morgan fingerprint density at radius 1 is 0.340 bits per heavy atom. The van der Waals surface area contributed by atoms with Crippen LogP contribution in [0.25, 0.3) is 78.2 Å². The molecule has 1 spiro atoms. The van der Waals surface area contributed by atoms with Crippen LogP contribution in [-0.4, -0.2) is 19.9 Å². The molecule has 2 aromatic heterocycles. The van der Waals surface area contributed by atoms with Crippen LogP contribution < -0.4 is 0 Å². The smallest absolute Gasteiger partial charge is 0.166 e. The van der Waals surface area contributed by atoms with Crippen molar-refractivity contribution in [3.05, 3.63) is 186 Å². The molecule has 2 aliphatic carbocycles. The highest BCUT2D eigenvalue weighted by molar-refractivity contribution is 6.17. The number of nitrogens with one attached hydrogen (secondary N) is 1. The van der Waals surface area contributed by atoms with Gasteiger partial charge in [0.2, 0.25) is 0 Å². The van der Waals surface area contributed by atoms with Crippen LogP contribution in [0.3, 0.4) is 0 Å². The molecule has 0 aliphatic heterocycles. The molecule has 0 bridgehead atoms. The molecule has 9 aromatic rings. The van der Waals surface area contributed by atoms with Gasteiger partial charge in [0, 0.05) is 33.0 Å². The number of para-hydroxylation sites is 1. The Kier molecular flexibility index (Phi) is 5.56. The van der Waals surface area contributed by atoms with Crippen LogP contribution in [0.4, 0.5) is 0 Å². The number of fused-ring (bicyclic) bond motifs is 14. The van der Waals surface area contributed by atoms with Crippen molar-refractivity contribution in [2.45, 2.75) is 5.41 Å². The van der Waals surface area contributed by atoms with Crippen LogP contribution >= 0.6 is 0 Å². The normalized spacial score (nSPS) is 13.4. The molecule has 0 saturated carbocycles. The second-order valence-corrected chi connectivity index (χ2v) is 13.2. The zero-order valence-corrected chi connectivity index (χ0v) is 26.9. The number of benzene rings is 7. The van der Waals surface area contributed by atoms with Gasteiger partial charge in [0.05, 0.1) is 16.4 Å². The van der Waals surface area contributed by atoms with Crippen molar-refractivity contribution >= 4 is 21.8 Å². The van der Waals surface area contributed by atoms with Gasteiger partial charge in [-0.2, -0.15) is 0 Å². The molecular formula is C46H28N4. The molecule has 2 aliphatic rings. The summed E-state index contributed by atoms with van der Waals surface area (Å²) in [5.41, 5.74) is 15.1. The van der Waals surface area contributed by atoms with Crippen molar-refractivity contribution in [1.29, 1.82) is 0 Å². The van der Waals surface area contributed by atoms with Crippen molar-refractivity contribution in [2.75, 3.05) is 0 Å². The van der Waals surface area contributed by atoms with E-state index < -0.39 is 5.41 Å². The second-order valence-electron chi connectivity index (χ2n) is 13.2.